The fourth-order valence-corrected chi connectivity index (χ4v) is 3.28. The van der Waals surface area contributed by atoms with Gasteiger partial charge in [0.15, 0.2) is 0 Å². The van der Waals surface area contributed by atoms with Gasteiger partial charge in [-0.2, -0.15) is 5.26 Å². The van der Waals surface area contributed by atoms with Crippen LogP contribution >= 0.6 is 11.6 Å². The van der Waals surface area contributed by atoms with E-state index < -0.39 is 0 Å². The Bertz CT molecular complexity index is 1140. The van der Waals surface area contributed by atoms with Crippen molar-refractivity contribution in [3.05, 3.63) is 71.4 Å². The van der Waals surface area contributed by atoms with Crippen LogP contribution < -0.4 is 5.32 Å². The topological polar surface area (TPSA) is 77.4 Å². The highest BCUT2D eigenvalue weighted by molar-refractivity contribution is 6.33. The zero-order valence-electron chi connectivity index (χ0n) is 13.9. The SMILES string of the molecule is Cc1c(Nc2c(C#N)cnc(Cl)c2-c2cccnc2)ccc2[nH]ccc12. The normalized spacial score (nSPS) is 10.7. The molecule has 0 fully saturated rings. The van der Waals surface area contributed by atoms with E-state index in [0.717, 1.165) is 27.7 Å². The standard InChI is InChI=1S/C20H14ClN5/c1-12-15-6-8-24-17(15)5-4-16(12)26-19-14(9-22)11-25-20(21)18(19)13-3-2-7-23-10-13/h2-8,10-11,24H,1H3,(H,25,26). The van der Waals surface area contributed by atoms with E-state index in [1.54, 1.807) is 12.4 Å². The van der Waals surface area contributed by atoms with Crippen molar-refractivity contribution < 1.29 is 0 Å². The number of nitrogens with one attached hydrogen (secondary N) is 2. The minimum atomic E-state index is 0.319. The van der Waals surface area contributed by atoms with Gasteiger partial charge in [0.1, 0.15) is 11.2 Å². The second-order valence-electron chi connectivity index (χ2n) is 5.87. The van der Waals surface area contributed by atoms with E-state index in [-0.39, 0.29) is 0 Å². The first-order chi connectivity index (χ1) is 12.7. The van der Waals surface area contributed by atoms with Crippen LogP contribution in [0.4, 0.5) is 11.4 Å². The highest BCUT2D eigenvalue weighted by Crippen LogP contribution is 2.38. The van der Waals surface area contributed by atoms with Crippen LogP contribution in [0, 0.1) is 18.3 Å². The molecule has 126 valence electrons. The average molecular weight is 360 g/mol. The number of hydrogen-bond acceptors (Lipinski definition) is 4. The van der Waals surface area contributed by atoms with E-state index in [1.165, 1.54) is 6.20 Å². The van der Waals surface area contributed by atoms with Crippen LogP contribution in [0.5, 0.6) is 0 Å². The molecule has 0 aliphatic heterocycles. The molecule has 2 N–H and O–H groups in total. The molecule has 0 bridgehead atoms. The number of aromatic nitrogens is 3. The third kappa shape index (κ3) is 2.67. The van der Waals surface area contributed by atoms with E-state index in [2.05, 4.69) is 26.3 Å². The second-order valence-corrected chi connectivity index (χ2v) is 6.23. The average Bonchev–Trinajstić information content (AvgIpc) is 3.15. The summed E-state index contributed by atoms with van der Waals surface area (Å²) in [6.07, 6.45) is 6.79. The van der Waals surface area contributed by atoms with Crippen molar-refractivity contribution in [1.82, 2.24) is 15.0 Å². The molecule has 5 nitrogen and oxygen atoms in total. The number of nitriles is 1. The van der Waals surface area contributed by atoms with Crippen molar-refractivity contribution in [2.24, 2.45) is 0 Å². The van der Waals surface area contributed by atoms with Crippen molar-refractivity contribution in [1.29, 1.82) is 5.26 Å². The molecule has 0 saturated heterocycles. The summed E-state index contributed by atoms with van der Waals surface area (Å²) in [5.41, 5.74) is 5.55. The first kappa shape index (κ1) is 16.1. The summed E-state index contributed by atoms with van der Waals surface area (Å²) in [5.74, 6) is 0. The highest BCUT2D eigenvalue weighted by Gasteiger charge is 2.17. The van der Waals surface area contributed by atoms with Crippen LogP contribution in [0.2, 0.25) is 5.15 Å². The largest absolute Gasteiger partial charge is 0.361 e. The number of pyridine rings is 2. The molecule has 0 amide bonds. The lowest BCUT2D eigenvalue weighted by molar-refractivity contribution is 1.28. The number of aryl methyl sites for hydroxylation is 1. The minimum Gasteiger partial charge on any atom is -0.361 e. The first-order valence-corrected chi connectivity index (χ1v) is 8.39. The predicted molar refractivity (Wildman–Crippen MR) is 104 cm³/mol. The smallest absolute Gasteiger partial charge is 0.139 e. The zero-order valence-corrected chi connectivity index (χ0v) is 14.7. The molecule has 3 heterocycles. The number of rotatable bonds is 3. The fraction of sp³-hybridized carbons (Fsp3) is 0.0500. The Hall–Kier alpha value is -3.36. The molecule has 4 aromatic rings. The zero-order chi connectivity index (χ0) is 18.1. The number of hydrogen-bond donors (Lipinski definition) is 2. The van der Waals surface area contributed by atoms with E-state index in [0.29, 0.717) is 22.0 Å². The molecule has 3 aromatic heterocycles. The Morgan fingerprint density at radius 3 is 2.85 bits per heavy atom. The summed E-state index contributed by atoms with van der Waals surface area (Å²) < 4.78 is 0. The van der Waals surface area contributed by atoms with Gasteiger partial charge in [0.05, 0.1) is 11.3 Å². The molecule has 0 spiro atoms. The molecule has 26 heavy (non-hydrogen) atoms. The Morgan fingerprint density at radius 2 is 2.08 bits per heavy atom. The molecule has 6 heteroatoms. The lowest BCUT2D eigenvalue weighted by Gasteiger charge is -2.16. The quantitative estimate of drug-likeness (QED) is 0.493. The molecular weight excluding hydrogens is 346 g/mol. The third-order valence-electron chi connectivity index (χ3n) is 4.37. The Labute approximate surface area is 155 Å². The lowest BCUT2D eigenvalue weighted by atomic mass is 10.0. The van der Waals surface area contributed by atoms with Crippen LogP contribution in [0.15, 0.2) is 55.1 Å². The van der Waals surface area contributed by atoms with Gasteiger partial charge in [-0.05, 0) is 36.8 Å². The van der Waals surface area contributed by atoms with Gasteiger partial charge in [0.2, 0.25) is 0 Å². The van der Waals surface area contributed by atoms with E-state index >= 15 is 0 Å². The number of anilines is 2. The minimum absolute atomic E-state index is 0.319. The molecule has 0 unspecified atom stereocenters. The summed E-state index contributed by atoms with van der Waals surface area (Å²) in [4.78, 5) is 11.5. The van der Waals surface area contributed by atoms with Gasteiger partial charge in [-0.25, -0.2) is 4.98 Å². The van der Waals surface area contributed by atoms with E-state index in [4.69, 9.17) is 11.6 Å². The van der Waals surface area contributed by atoms with Crippen molar-refractivity contribution in [2.45, 2.75) is 6.92 Å². The molecule has 4 rings (SSSR count). The third-order valence-corrected chi connectivity index (χ3v) is 4.65. The maximum Gasteiger partial charge on any atom is 0.139 e. The molecule has 0 atom stereocenters. The van der Waals surface area contributed by atoms with Crippen molar-refractivity contribution in [3.8, 4) is 17.2 Å². The van der Waals surface area contributed by atoms with Gasteiger partial charge in [-0.3, -0.25) is 4.98 Å². The summed E-state index contributed by atoms with van der Waals surface area (Å²) in [6, 6.07) is 11.9. The molecule has 0 aliphatic carbocycles. The lowest BCUT2D eigenvalue weighted by Crippen LogP contribution is -2.01. The van der Waals surface area contributed by atoms with Crippen LogP contribution in [0.25, 0.3) is 22.0 Å². The summed E-state index contributed by atoms with van der Waals surface area (Å²) in [6.45, 7) is 2.04. The number of fused-ring (bicyclic) bond motifs is 1. The molecule has 0 saturated carbocycles. The monoisotopic (exact) mass is 359 g/mol. The van der Waals surface area contributed by atoms with Crippen LogP contribution in [-0.2, 0) is 0 Å². The maximum absolute atomic E-state index is 9.57. The number of halogens is 1. The van der Waals surface area contributed by atoms with Gasteiger partial charge >= 0.3 is 0 Å². The molecule has 0 radical (unpaired) electrons. The number of benzene rings is 1. The Balaban J connectivity index is 1.91. The Kier molecular flexibility index (Phi) is 4.04. The number of aromatic amines is 1. The van der Waals surface area contributed by atoms with Gasteiger partial charge < -0.3 is 10.3 Å². The summed E-state index contributed by atoms with van der Waals surface area (Å²) in [7, 11) is 0. The van der Waals surface area contributed by atoms with Crippen molar-refractivity contribution in [2.75, 3.05) is 5.32 Å². The van der Waals surface area contributed by atoms with Gasteiger partial charge in [-0.1, -0.05) is 17.7 Å². The van der Waals surface area contributed by atoms with Gasteiger partial charge in [0.25, 0.3) is 0 Å². The molecule has 0 aliphatic rings. The predicted octanol–water partition coefficient (Wildman–Crippen LogP) is 5.20. The van der Waals surface area contributed by atoms with Crippen LogP contribution in [0.1, 0.15) is 11.1 Å². The first-order valence-electron chi connectivity index (χ1n) is 8.01. The summed E-state index contributed by atoms with van der Waals surface area (Å²) >= 11 is 6.38. The van der Waals surface area contributed by atoms with Gasteiger partial charge in [0, 0.05) is 52.5 Å². The summed E-state index contributed by atoms with van der Waals surface area (Å²) in [5, 5.41) is 14.4. The molecular formula is C20H14ClN5. The number of H-pyrrole nitrogens is 1. The maximum atomic E-state index is 9.57. The van der Waals surface area contributed by atoms with Crippen LogP contribution in [0.3, 0.4) is 0 Å². The highest BCUT2D eigenvalue weighted by atomic mass is 35.5. The van der Waals surface area contributed by atoms with Crippen LogP contribution in [-0.4, -0.2) is 15.0 Å². The van der Waals surface area contributed by atoms with E-state index in [9.17, 15) is 5.26 Å². The van der Waals surface area contributed by atoms with Crippen molar-refractivity contribution in [3.63, 3.8) is 0 Å². The van der Waals surface area contributed by atoms with Gasteiger partial charge in [-0.15, -0.1) is 0 Å². The molecule has 1 aromatic carbocycles. The van der Waals surface area contributed by atoms with Crippen molar-refractivity contribution >= 4 is 33.9 Å². The van der Waals surface area contributed by atoms with E-state index in [1.807, 2.05) is 43.5 Å². The number of nitrogens with zero attached hydrogens (tertiary/aromatic N) is 3. The second kappa shape index (κ2) is 6.51. The Morgan fingerprint density at radius 1 is 1.19 bits per heavy atom. The fourth-order valence-electron chi connectivity index (χ4n) is 3.03.